The van der Waals surface area contributed by atoms with Crippen LogP contribution >= 0.6 is 17.0 Å². The quantitative estimate of drug-likeness (QED) is 0.117. The summed E-state index contributed by atoms with van der Waals surface area (Å²) in [5.41, 5.74) is 14.0. The molecule has 8 heteroatoms. The van der Waals surface area contributed by atoms with Crippen LogP contribution in [0.3, 0.4) is 0 Å². The Morgan fingerprint density at radius 3 is 1.28 bits per heavy atom. The van der Waals surface area contributed by atoms with Gasteiger partial charge in [0, 0.05) is 0 Å². The van der Waals surface area contributed by atoms with E-state index in [2.05, 4.69) is 163 Å². The Kier molecular flexibility index (Phi) is 13.6. The van der Waals surface area contributed by atoms with E-state index in [0.29, 0.717) is 11.8 Å². The van der Waals surface area contributed by atoms with Gasteiger partial charge in [-0.1, -0.05) is 0 Å². The van der Waals surface area contributed by atoms with Crippen molar-refractivity contribution in [3.63, 3.8) is 0 Å². The first-order chi connectivity index (χ1) is 27.6. The third kappa shape index (κ3) is 7.81. The van der Waals surface area contributed by atoms with Crippen LogP contribution in [0.2, 0.25) is 0 Å². The van der Waals surface area contributed by atoms with Crippen molar-refractivity contribution in [2.24, 2.45) is 11.8 Å². The molecule has 2 aliphatic carbocycles. The van der Waals surface area contributed by atoms with Crippen LogP contribution in [0.5, 0.6) is 0 Å². The van der Waals surface area contributed by atoms with Crippen LogP contribution in [0.25, 0.3) is 34.4 Å². The van der Waals surface area contributed by atoms with E-state index >= 15 is 0 Å². The van der Waals surface area contributed by atoms with E-state index in [1.54, 1.807) is 0 Å². The van der Waals surface area contributed by atoms with Crippen LogP contribution in [-0.4, -0.2) is 16.3 Å². The number of hydrogen-bond acceptors (Lipinski definition) is 2. The first-order valence-electron chi connectivity index (χ1n) is 21.7. The summed E-state index contributed by atoms with van der Waals surface area (Å²) in [5.74, 6) is 0.496. The van der Waals surface area contributed by atoms with Crippen LogP contribution in [-0.2, 0) is 25.8 Å². The summed E-state index contributed by atoms with van der Waals surface area (Å²) in [7, 11) is 18.0. The van der Waals surface area contributed by atoms with Gasteiger partial charge in [-0.05, 0) is 0 Å². The molecule has 2 amide bonds. The summed E-state index contributed by atoms with van der Waals surface area (Å²) < 4.78 is -1.82. The van der Waals surface area contributed by atoms with Crippen molar-refractivity contribution in [2.45, 2.75) is 114 Å². The van der Waals surface area contributed by atoms with E-state index in [1.165, 1.54) is 22.3 Å². The van der Waals surface area contributed by atoms with Gasteiger partial charge in [-0.15, -0.1) is 0 Å². The molecule has 0 aliphatic heterocycles. The number of rotatable bonds is 15. The maximum absolute atomic E-state index is 13.8. The number of benzene rings is 4. The van der Waals surface area contributed by atoms with Gasteiger partial charge in [0.05, 0.1) is 0 Å². The second kappa shape index (κ2) is 17.8. The SMILES string of the molecule is CCC(=O)N[B](NC(=O)CC)[Zr]([Cl])([Cl])([CH]1C(C(C)C)=Cc2c(-c3ccccc3C(C)CC)cccc21)[CH]1C(C(C)C)=Cc2c(-c3ccccc3C(C)CC)cccc21. The van der Waals surface area contributed by atoms with Crippen molar-refractivity contribution in [3.05, 3.63) is 129 Å². The number of hydrogen-bond donors (Lipinski definition) is 2. The summed E-state index contributed by atoms with van der Waals surface area (Å²) in [6.45, 7) is 21.6. The molecular formula is C50H62BCl2N2O2Zr. The number of nitrogens with one attached hydrogen (secondary N) is 2. The van der Waals surface area contributed by atoms with Gasteiger partial charge in [0.25, 0.3) is 0 Å². The van der Waals surface area contributed by atoms with E-state index in [-0.39, 0.29) is 36.5 Å². The molecule has 6 rings (SSSR count). The third-order valence-corrected chi connectivity index (χ3v) is 33.0. The van der Waals surface area contributed by atoms with Gasteiger partial charge in [0.2, 0.25) is 0 Å². The van der Waals surface area contributed by atoms with E-state index in [0.717, 1.165) is 57.4 Å². The molecule has 305 valence electrons. The normalized spacial score (nSPS) is 17.8. The molecule has 0 saturated heterocycles. The Hall–Kier alpha value is -3.17. The molecule has 58 heavy (non-hydrogen) atoms. The minimum absolute atomic E-state index is 0.0749. The van der Waals surface area contributed by atoms with Crippen LogP contribution in [0.15, 0.2) is 96.1 Å². The maximum atomic E-state index is 13.8. The molecule has 2 N–H and O–H groups in total. The van der Waals surface area contributed by atoms with Gasteiger partial charge in [0.15, 0.2) is 0 Å². The summed E-state index contributed by atoms with van der Waals surface area (Å²) in [6, 6.07) is 30.6. The van der Waals surface area contributed by atoms with E-state index < -0.39 is 27.9 Å². The molecule has 4 aromatic carbocycles. The fourth-order valence-electron chi connectivity index (χ4n) is 9.67. The summed E-state index contributed by atoms with van der Waals surface area (Å²) in [4.78, 5) is 27.6. The van der Waals surface area contributed by atoms with Crippen molar-refractivity contribution in [1.82, 2.24) is 10.5 Å². The molecule has 2 aliphatic rings. The Balaban J connectivity index is 1.72. The van der Waals surface area contributed by atoms with Crippen molar-refractivity contribution in [1.29, 1.82) is 0 Å². The van der Waals surface area contributed by atoms with Crippen molar-refractivity contribution >= 4 is 45.5 Å². The molecule has 0 spiro atoms. The van der Waals surface area contributed by atoms with Crippen LogP contribution in [0, 0.1) is 11.8 Å². The standard InChI is InChI=1S/2C22H25.C6H11BN2O2.2ClH.Zr/c2*1-5-16(4)19-10-6-7-11-20(19)21-12-8-9-17-13-18(15(2)3)14-22(17)21;1-3-5(10)8-7-9-6(11)4-2;;;/h2*6-16H,5H2,1-4H3;3-4H2,1-2H3,(H-,8,9,10,11);2*1H;/q;;;;;+1/p-1. The zero-order valence-electron chi connectivity index (χ0n) is 36.2. The first-order valence-corrected chi connectivity index (χ1v) is 32.2. The number of halogens is 2. The van der Waals surface area contributed by atoms with Gasteiger partial charge >= 0.3 is 359 Å². The number of allylic oxidation sites excluding steroid dienone is 2. The zero-order valence-corrected chi connectivity index (χ0v) is 40.1. The molecule has 0 bridgehead atoms. The molecule has 4 unspecified atom stereocenters. The molecular weight excluding hydrogens is 834 g/mol. The van der Waals surface area contributed by atoms with Crippen LogP contribution in [0.1, 0.15) is 147 Å². The Labute approximate surface area is 356 Å². The predicted molar refractivity (Wildman–Crippen MR) is 247 cm³/mol. The van der Waals surface area contributed by atoms with Crippen LogP contribution in [0.4, 0.5) is 0 Å². The Morgan fingerprint density at radius 2 is 0.931 bits per heavy atom. The average Bonchev–Trinajstić information content (AvgIpc) is 3.85. The first kappa shape index (κ1) is 44.4. The number of carbonyl (C=O) groups excluding carboxylic acids is 2. The average molecular weight is 896 g/mol. The van der Waals surface area contributed by atoms with Gasteiger partial charge in [-0.25, -0.2) is 0 Å². The third-order valence-electron chi connectivity index (χ3n) is 13.2. The van der Waals surface area contributed by atoms with Gasteiger partial charge < -0.3 is 0 Å². The molecule has 4 aromatic rings. The van der Waals surface area contributed by atoms with E-state index in [4.69, 9.17) is 17.0 Å². The number of fused-ring (bicyclic) bond motifs is 2. The fourth-order valence-corrected chi connectivity index (χ4v) is 30.7. The van der Waals surface area contributed by atoms with E-state index in [9.17, 15) is 9.59 Å². The fraction of sp³-hybridized carbons (Fsp3) is 0.400. The van der Waals surface area contributed by atoms with Gasteiger partial charge in [-0.2, -0.15) is 0 Å². The molecule has 4 atom stereocenters. The summed E-state index contributed by atoms with van der Waals surface area (Å²) in [5, 5.41) is 6.61. The number of amides is 2. The van der Waals surface area contributed by atoms with Crippen molar-refractivity contribution in [2.75, 3.05) is 0 Å². The predicted octanol–water partition coefficient (Wildman–Crippen LogP) is 14.0. The zero-order chi connectivity index (χ0) is 42.1. The molecule has 0 aromatic heterocycles. The molecule has 0 radical (unpaired) electrons. The molecule has 0 saturated carbocycles. The molecule has 0 fully saturated rings. The minimum atomic E-state index is -6.07. The topological polar surface area (TPSA) is 58.2 Å². The van der Waals surface area contributed by atoms with Crippen LogP contribution < -0.4 is 10.5 Å². The Morgan fingerprint density at radius 1 is 0.569 bits per heavy atom. The molecule has 4 nitrogen and oxygen atoms in total. The second-order valence-electron chi connectivity index (χ2n) is 17.4. The Bertz CT molecular complexity index is 2110. The van der Waals surface area contributed by atoms with Crippen molar-refractivity contribution in [3.8, 4) is 22.3 Å². The molecule has 0 heterocycles. The summed E-state index contributed by atoms with van der Waals surface area (Å²) >= 11 is -6.07. The number of carbonyl (C=O) groups is 2. The van der Waals surface area contributed by atoms with E-state index in [1.807, 2.05) is 13.8 Å². The monoisotopic (exact) mass is 893 g/mol. The van der Waals surface area contributed by atoms with Gasteiger partial charge in [-0.3, -0.25) is 0 Å². The second-order valence-corrected chi connectivity index (χ2v) is 38.8. The van der Waals surface area contributed by atoms with Crippen molar-refractivity contribution < 1.29 is 25.8 Å². The van der Waals surface area contributed by atoms with Gasteiger partial charge in [0.1, 0.15) is 0 Å². The summed E-state index contributed by atoms with van der Waals surface area (Å²) in [6.07, 6.45) is 7.20.